The molecule has 0 spiro atoms. The van der Waals surface area contributed by atoms with E-state index >= 15 is 0 Å². The summed E-state index contributed by atoms with van der Waals surface area (Å²) >= 11 is 14.9. The van der Waals surface area contributed by atoms with Crippen LogP contribution in [0.25, 0.3) is 0 Å². The van der Waals surface area contributed by atoms with E-state index in [1.807, 2.05) is 53.4 Å². The second kappa shape index (κ2) is 15.1. The Labute approximate surface area is 317 Å². The molecule has 272 valence electrons. The van der Waals surface area contributed by atoms with Crippen molar-refractivity contribution in [1.29, 1.82) is 0 Å². The monoisotopic (exact) mass is 766 g/mol. The normalized spacial score (nSPS) is 23.5. The summed E-state index contributed by atoms with van der Waals surface area (Å²) in [6, 6.07) is 18.5. The summed E-state index contributed by atoms with van der Waals surface area (Å²) in [6.07, 6.45) is 0.802. The summed E-state index contributed by atoms with van der Waals surface area (Å²) in [5.74, 6) is 1.83. The van der Waals surface area contributed by atoms with Crippen LogP contribution in [0.2, 0.25) is 5.02 Å². The first kappa shape index (κ1) is 36.3. The third-order valence-corrected chi connectivity index (χ3v) is 12.6. The minimum atomic E-state index is -0.640. The number of carbonyl (C=O) groups excluding carboxylic acids is 3. The summed E-state index contributed by atoms with van der Waals surface area (Å²) in [5.41, 5.74) is 3.37. The molecule has 4 aliphatic rings. The van der Waals surface area contributed by atoms with Crippen molar-refractivity contribution in [2.45, 2.75) is 36.4 Å². The van der Waals surface area contributed by atoms with Gasteiger partial charge >= 0.3 is 14.0 Å². The SMILES string of the molecule is BOC(=O)C1=C(C[N@@+]23CC[C@@H](C2)N(C(=O)c2ccc(OCc4ccc(OC)cc4)c(OCc4ccc(OC)cc4)c2Cl)CC3)CS[C@@H]2C(Cl)C(=O)N12. The van der Waals surface area contributed by atoms with Crippen molar-refractivity contribution in [1.82, 2.24) is 9.80 Å². The van der Waals surface area contributed by atoms with Gasteiger partial charge in [-0.2, -0.15) is 0 Å². The number of thioether (sulfide) groups is 1. The Morgan fingerprint density at radius 1 is 0.942 bits per heavy atom. The van der Waals surface area contributed by atoms with Crippen LogP contribution in [0.4, 0.5) is 0 Å². The molecule has 0 radical (unpaired) electrons. The lowest BCUT2D eigenvalue weighted by Crippen LogP contribution is -2.64. The smallest absolute Gasteiger partial charge is 0.337 e. The predicted octanol–water partition coefficient (Wildman–Crippen LogP) is 4.43. The molecule has 52 heavy (non-hydrogen) atoms. The molecule has 4 atom stereocenters. The third-order valence-electron chi connectivity index (χ3n) is 10.3. The van der Waals surface area contributed by atoms with Crippen molar-refractivity contribution < 1.29 is 42.5 Å². The molecule has 0 saturated carbocycles. The largest absolute Gasteiger partial charge is 0.539 e. The molecule has 3 fully saturated rings. The van der Waals surface area contributed by atoms with E-state index in [0.717, 1.165) is 52.2 Å². The first-order valence-electron chi connectivity index (χ1n) is 17.0. The molecule has 3 aromatic rings. The summed E-state index contributed by atoms with van der Waals surface area (Å²) in [5, 5.41) is -0.714. The molecule has 2 bridgehead atoms. The number of benzene rings is 3. The number of ether oxygens (including phenoxy) is 4. The van der Waals surface area contributed by atoms with E-state index in [9.17, 15) is 14.4 Å². The van der Waals surface area contributed by atoms with Gasteiger partial charge in [0.1, 0.15) is 47.7 Å². The van der Waals surface area contributed by atoms with Gasteiger partial charge in [0.15, 0.2) is 11.5 Å². The number of piperazine rings is 1. The number of rotatable bonds is 12. The standard InChI is InChI=1S/C37H39BCl2N3O8S/c1-47-26-7-3-22(4-8-26)19-49-29-12-11-28(30(39)33(29)50-20-23-5-9-27(48-2)10-6-23)34(44)41-14-16-43(15-13-25(41)18-43)17-24-21-52-36-31(40)35(45)42(36)32(24)37(46)51-38/h3-12,25,31,36H,13-21,38H2,1-2H3/q+1/t25-,31?,36+,43-/m0/s1. The molecule has 3 aromatic carbocycles. The highest BCUT2D eigenvalue weighted by atomic mass is 35.5. The van der Waals surface area contributed by atoms with E-state index in [1.54, 1.807) is 38.1 Å². The average molecular weight is 768 g/mol. The number of alkyl halides is 1. The van der Waals surface area contributed by atoms with Gasteiger partial charge in [0.25, 0.3) is 5.91 Å². The number of halogens is 2. The number of methoxy groups -OCH3 is 2. The number of carbonyl (C=O) groups is 3. The fourth-order valence-electron chi connectivity index (χ4n) is 7.48. The van der Waals surface area contributed by atoms with E-state index in [4.69, 9.17) is 46.8 Å². The van der Waals surface area contributed by atoms with Gasteiger partial charge in [-0.05, 0) is 47.5 Å². The van der Waals surface area contributed by atoms with Gasteiger partial charge in [0.05, 0.1) is 57.0 Å². The van der Waals surface area contributed by atoms with Crippen molar-refractivity contribution in [3.8, 4) is 23.0 Å². The second-order valence-corrected chi connectivity index (χ2v) is 15.3. The van der Waals surface area contributed by atoms with Gasteiger partial charge in [-0.1, -0.05) is 35.9 Å². The Balaban J connectivity index is 1.10. The van der Waals surface area contributed by atoms with Crippen LogP contribution in [0.15, 0.2) is 71.9 Å². The molecular formula is C37H39BCl2N3O8S+. The number of amides is 2. The molecule has 4 aliphatic heterocycles. The molecule has 0 aliphatic carbocycles. The minimum absolute atomic E-state index is 0.0176. The summed E-state index contributed by atoms with van der Waals surface area (Å²) in [7, 11) is 4.56. The number of β-lactam (4-membered cyclic amide) rings is 1. The van der Waals surface area contributed by atoms with E-state index in [1.165, 1.54) is 12.9 Å². The Bertz CT molecular complexity index is 1900. The first-order valence-corrected chi connectivity index (χ1v) is 18.9. The van der Waals surface area contributed by atoms with Crippen molar-refractivity contribution >= 4 is 60.8 Å². The zero-order chi connectivity index (χ0) is 36.6. The van der Waals surface area contributed by atoms with Crippen LogP contribution in [0, 0.1) is 0 Å². The molecule has 11 nitrogen and oxygen atoms in total. The van der Waals surface area contributed by atoms with Crippen LogP contribution in [0.3, 0.4) is 0 Å². The fourth-order valence-corrected chi connectivity index (χ4v) is 9.46. The lowest BCUT2D eigenvalue weighted by Gasteiger charge is -2.49. The van der Waals surface area contributed by atoms with Crippen molar-refractivity contribution in [3.63, 3.8) is 0 Å². The van der Waals surface area contributed by atoms with E-state index in [-0.39, 0.29) is 41.5 Å². The summed E-state index contributed by atoms with van der Waals surface area (Å²) in [4.78, 5) is 43.2. The molecule has 15 heteroatoms. The molecule has 7 rings (SSSR count). The van der Waals surface area contributed by atoms with Crippen LogP contribution >= 0.6 is 35.0 Å². The zero-order valence-corrected chi connectivity index (χ0v) is 31.5. The number of hydrogen-bond donors (Lipinski definition) is 0. The lowest BCUT2D eigenvalue weighted by molar-refractivity contribution is -0.916. The van der Waals surface area contributed by atoms with E-state index in [2.05, 4.69) is 0 Å². The van der Waals surface area contributed by atoms with Gasteiger partial charge < -0.3 is 33.0 Å². The topological polar surface area (TPSA) is 104 Å². The van der Waals surface area contributed by atoms with Crippen LogP contribution in [0.1, 0.15) is 27.9 Å². The highest BCUT2D eigenvalue weighted by molar-refractivity contribution is 8.00. The van der Waals surface area contributed by atoms with Crippen molar-refractivity contribution in [3.05, 3.63) is 93.6 Å². The summed E-state index contributed by atoms with van der Waals surface area (Å²) in [6.45, 7) is 3.84. The number of quaternary nitrogens is 1. The number of fused-ring (bicyclic) bond motifs is 3. The molecule has 2 amide bonds. The van der Waals surface area contributed by atoms with Gasteiger partial charge in [0, 0.05) is 17.7 Å². The van der Waals surface area contributed by atoms with Gasteiger partial charge in [-0.15, -0.1) is 23.4 Å². The van der Waals surface area contributed by atoms with E-state index < -0.39 is 11.3 Å². The quantitative estimate of drug-likeness (QED) is 0.115. The Kier molecular flexibility index (Phi) is 10.6. The van der Waals surface area contributed by atoms with Crippen LogP contribution in [-0.4, -0.2) is 110 Å². The number of nitrogens with zero attached hydrogens (tertiary/aromatic N) is 3. The Hall–Kier alpha value is -4.04. The van der Waals surface area contributed by atoms with Crippen LogP contribution < -0.4 is 18.9 Å². The summed E-state index contributed by atoms with van der Waals surface area (Å²) < 4.78 is 28.9. The van der Waals surface area contributed by atoms with Gasteiger partial charge in [-0.25, -0.2) is 4.79 Å². The molecule has 0 aromatic heterocycles. The van der Waals surface area contributed by atoms with E-state index in [0.29, 0.717) is 48.1 Å². The molecule has 1 unspecified atom stereocenters. The highest BCUT2D eigenvalue weighted by Gasteiger charge is 2.55. The lowest BCUT2D eigenvalue weighted by atomic mass is 10.0. The average Bonchev–Trinajstić information content (AvgIpc) is 3.50. The zero-order valence-electron chi connectivity index (χ0n) is 29.1. The highest BCUT2D eigenvalue weighted by Crippen LogP contribution is 2.45. The maximum atomic E-state index is 14.3. The van der Waals surface area contributed by atoms with Crippen molar-refractivity contribution in [2.24, 2.45) is 0 Å². The molecule has 3 saturated heterocycles. The molecule has 4 heterocycles. The fraction of sp³-hybridized carbons (Fsp3) is 0.378. The first-order chi connectivity index (χ1) is 25.1. The van der Waals surface area contributed by atoms with Crippen LogP contribution in [-0.2, 0) is 27.5 Å². The van der Waals surface area contributed by atoms with Crippen LogP contribution in [0.5, 0.6) is 23.0 Å². The second-order valence-electron chi connectivity index (χ2n) is 13.4. The Morgan fingerprint density at radius 3 is 2.23 bits per heavy atom. The predicted molar refractivity (Wildman–Crippen MR) is 200 cm³/mol. The van der Waals surface area contributed by atoms with Crippen molar-refractivity contribution in [2.75, 3.05) is 52.7 Å². The van der Waals surface area contributed by atoms with Gasteiger partial charge in [-0.3, -0.25) is 14.5 Å². The Morgan fingerprint density at radius 2 is 1.60 bits per heavy atom. The molecule has 0 N–H and O–H groups in total. The maximum Gasteiger partial charge on any atom is 0.337 e. The maximum absolute atomic E-state index is 14.3. The minimum Gasteiger partial charge on any atom is -0.539 e. The number of hydrogen-bond acceptors (Lipinski definition) is 9. The third kappa shape index (κ3) is 6.91. The van der Waals surface area contributed by atoms with Gasteiger partial charge in [0.2, 0.25) is 5.91 Å². The molecular weight excluding hydrogens is 728 g/mol.